The first kappa shape index (κ1) is 51.3. The molecule has 352 valence electrons. The van der Waals surface area contributed by atoms with Crippen molar-refractivity contribution in [1.82, 2.24) is 17.2 Å². The van der Waals surface area contributed by atoms with Gasteiger partial charge in [-0.25, -0.2) is 33.7 Å². The lowest BCUT2D eigenvalue weighted by atomic mass is 10.2. The summed E-state index contributed by atoms with van der Waals surface area (Å²) in [4.78, 5) is 0.307. The molecule has 1 aliphatic heterocycles. The number of rotatable bonds is 8. The highest BCUT2D eigenvalue weighted by atomic mass is 32.2. The van der Waals surface area contributed by atoms with Gasteiger partial charge in [0, 0.05) is 52.4 Å². The first-order valence-electron chi connectivity index (χ1n) is 21.0. The minimum absolute atomic E-state index is 0.0755. The fourth-order valence-electron chi connectivity index (χ4n) is 6.59. The summed E-state index contributed by atoms with van der Waals surface area (Å²) in [6, 6.07) is 25.7. The molecule has 64 heavy (non-hydrogen) atoms. The SMILES string of the molecule is Cc1ccc(S(=O)(=O)N2CCOCCN(S(=O)(=O)c3ccc(C)cc3)CCOCCN(S(=O)(=O)c3ccc(C)cc3)CCOCCN(S(=O)(=O)c3ccc(C)cc3)CCOCC2)cc1. The highest BCUT2D eigenvalue weighted by Crippen LogP contribution is 2.21. The number of hydrogen-bond donors (Lipinski definition) is 0. The molecule has 0 bridgehead atoms. The minimum atomic E-state index is -4.02. The summed E-state index contributed by atoms with van der Waals surface area (Å²) in [6.45, 7) is 6.13. The number of aryl methyl sites for hydroxylation is 4. The van der Waals surface area contributed by atoms with Crippen LogP contribution in [0.2, 0.25) is 0 Å². The average Bonchev–Trinajstić information content (AvgIpc) is 3.25. The van der Waals surface area contributed by atoms with E-state index in [9.17, 15) is 33.7 Å². The Labute approximate surface area is 379 Å². The zero-order valence-corrected chi connectivity index (χ0v) is 40.1. The largest absolute Gasteiger partial charge is 0.379 e. The van der Waals surface area contributed by atoms with Crippen molar-refractivity contribution in [3.63, 3.8) is 0 Å². The van der Waals surface area contributed by atoms with E-state index in [1.807, 2.05) is 27.7 Å². The van der Waals surface area contributed by atoms with Crippen LogP contribution in [0.5, 0.6) is 0 Å². The normalized spacial score (nSPS) is 18.6. The lowest BCUT2D eigenvalue weighted by molar-refractivity contribution is 0.0730. The lowest BCUT2D eigenvalue weighted by Gasteiger charge is -2.26. The first-order chi connectivity index (χ1) is 30.4. The van der Waals surface area contributed by atoms with Crippen LogP contribution < -0.4 is 0 Å². The van der Waals surface area contributed by atoms with E-state index in [1.165, 1.54) is 65.8 Å². The van der Waals surface area contributed by atoms with E-state index >= 15 is 0 Å². The van der Waals surface area contributed by atoms with Gasteiger partial charge in [0.1, 0.15) is 0 Å². The Hall–Kier alpha value is -3.64. The minimum Gasteiger partial charge on any atom is -0.379 e. The van der Waals surface area contributed by atoms with E-state index in [0.717, 1.165) is 22.3 Å². The number of hydrogen-bond acceptors (Lipinski definition) is 12. The van der Waals surface area contributed by atoms with Gasteiger partial charge in [-0.15, -0.1) is 0 Å². The van der Waals surface area contributed by atoms with Crippen molar-refractivity contribution in [3.05, 3.63) is 119 Å². The van der Waals surface area contributed by atoms with Crippen molar-refractivity contribution >= 4 is 40.1 Å². The third kappa shape index (κ3) is 14.2. The van der Waals surface area contributed by atoms with Crippen molar-refractivity contribution < 1.29 is 52.6 Å². The quantitative estimate of drug-likeness (QED) is 0.247. The second-order valence-corrected chi connectivity index (χ2v) is 23.1. The summed E-state index contributed by atoms with van der Waals surface area (Å²) in [5.74, 6) is 0. The highest BCUT2D eigenvalue weighted by Gasteiger charge is 2.29. The molecular weight excluding hydrogens is 905 g/mol. The summed E-state index contributed by atoms with van der Waals surface area (Å²) >= 11 is 0. The number of sulfonamides is 4. The second kappa shape index (κ2) is 23.7. The average molecular weight is 965 g/mol. The number of nitrogens with zero attached hydrogens (tertiary/aromatic N) is 4. The molecule has 0 amide bonds. The molecule has 0 aromatic heterocycles. The van der Waals surface area contributed by atoms with Crippen molar-refractivity contribution in [2.75, 3.05) is 105 Å². The van der Waals surface area contributed by atoms with E-state index in [0.29, 0.717) is 0 Å². The number of ether oxygens (including phenoxy) is 4. The van der Waals surface area contributed by atoms with Crippen molar-refractivity contribution in [2.24, 2.45) is 0 Å². The lowest BCUT2D eigenvalue weighted by Crippen LogP contribution is -2.40. The standard InChI is InChI=1S/C44H60N4O12S4/c1-37-5-13-41(14-6-37)61(49,50)45-21-29-57-31-23-46(62(51,52)42-15-7-38(2)8-16-42)25-33-59-35-27-48(64(55,56)44-19-11-40(4)12-20-44)28-36-60-34-26-47(24-32-58-30-22-45)63(53,54)43-17-9-39(3)10-18-43/h5-20H,21-36H2,1-4H3. The van der Waals surface area contributed by atoms with Gasteiger partial charge in [-0.1, -0.05) is 70.8 Å². The van der Waals surface area contributed by atoms with Crippen LogP contribution in [-0.4, -0.2) is 156 Å². The molecule has 5 rings (SSSR count). The van der Waals surface area contributed by atoms with Gasteiger partial charge >= 0.3 is 0 Å². The Bertz CT molecular complexity index is 2140. The van der Waals surface area contributed by atoms with E-state index in [4.69, 9.17) is 18.9 Å². The van der Waals surface area contributed by atoms with Gasteiger partial charge in [-0.2, -0.15) is 17.2 Å². The molecule has 0 N–H and O–H groups in total. The predicted octanol–water partition coefficient (Wildman–Crippen LogP) is 4.06. The third-order valence-corrected chi connectivity index (χ3v) is 18.2. The summed E-state index contributed by atoms with van der Waals surface area (Å²) in [6.07, 6.45) is 0. The van der Waals surface area contributed by atoms with Gasteiger partial charge in [0.2, 0.25) is 40.1 Å². The van der Waals surface area contributed by atoms with Crippen LogP contribution in [0.3, 0.4) is 0 Å². The zero-order chi connectivity index (χ0) is 46.4. The van der Waals surface area contributed by atoms with Gasteiger partial charge < -0.3 is 18.9 Å². The van der Waals surface area contributed by atoms with Gasteiger partial charge in [0.15, 0.2) is 0 Å². The van der Waals surface area contributed by atoms with Crippen LogP contribution in [0.15, 0.2) is 117 Å². The Morgan fingerprint density at radius 2 is 0.422 bits per heavy atom. The van der Waals surface area contributed by atoms with Crippen molar-refractivity contribution in [2.45, 2.75) is 47.3 Å². The van der Waals surface area contributed by atoms with Crippen LogP contribution in [-0.2, 0) is 59.0 Å². The molecule has 0 radical (unpaired) electrons. The molecule has 4 aromatic rings. The maximum Gasteiger partial charge on any atom is 0.243 e. The molecule has 0 saturated carbocycles. The summed E-state index contributed by atoms with van der Waals surface area (Å²) in [7, 11) is -16.1. The molecule has 1 fully saturated rings. The van der Waals surface area contributed by atoms with Gasteiger partial charge in [-0.05, 0) is 76.2 Å². The van der Waals surface area contributed by atoms with E-state index in [-0.39, 0.29) is 125 Å². The van der Waals surface area contributed by atoms with Crippen LogP contribution in [0.25, 0.3) is 0 Å². The van der Waals surface area contributed by atoms with Gasteiger partial charge in [0.05, 0.1) is 72.4 Å². The molecule has 1 saturated heterocycles. The fraction of sp³-hybridized carbons (Fsp3) is 0.455. The molecule has 0 aliphatic carbocycles. The molecule has 0 spiro atoms. The molecular formula is C44H60N4O12S4. The van der Waals surface area contributed by atoms with Gasteiger partial charge in [-0.3, -0.25) is 0 Å². The second-order valence-electron chi connectivity index (χ2n) is 15.3. The molecule has 1 heterocycles. The van der Waals surface area contributed by atoms with Crippen molar-refractivity contribution in [1.29, 1.82) is 0 Å². The fourth-order valence-corrected chi connectivity index (χ4v) is 12.2. The molecule has 1 aliphatic rings. The van der Waals surface area contributed by atoms with Gasteiger partial charge in [0.25, 0.3) is 0 Å². The molecule has 16 nitrogen and oxygen atoms in total. The first-order valence-corrected chi connectivity index (χ1v) is 26.8. The van der Waals surface area contributed by atoms with E-state index in [1.54, 1.807) is 48.5 Å². The van der Waals surface area contributed by atoms with E-state index < -0.39 is 40.1 Å². The smallest absolute Gasteiger partial charge is 0.243 e. The summed E-state index contributed by atoms with van der Waals surface area (Å²) in [5.41, 5.74) is 3.53. The van der Waals surface area contributed by atoms with Crippen LogP contribution in [0, 0.1) is 27.7 Å². The maximum absolute atomic E-state index is 13.9. The monoisotopic (exact) mass is 964 g/mol. The Morgan fingerprint density at radius 1 is 0.281 bits per heavy atom. The van der Waals surface area contributed by atoms with E-state index in [2.05, 4.69) is 0 Å². The molecule has 0 unspecified atom stereocenters. The third-order valence-electron chi connectivity index (χ3n) is 10.5. The highest BCUT2D eigenvalue weighted by molar-refractivity contribution is 7.90. The Morgan fingerprint density at radius 3 is 0.562 bits per heavy atom. The Kier molecular flexibility index (Phi) is 19.0. The summed E-state index contributed by atoms with van der Waals surface area (Å²) < 4.78 is 139. The van der Waals surface area contributed by atoms with Crippen LogP contribution in [0.4, 0.5) is 0 Å². The summed E-state index contributed by atoms with van der Waals surface area (Å²) in [5, 5.41) is 0. The molecule has 20 heteroatoms. The van der Waals surface area contributed by atoms with Crippen LogP contribution in [0.1, 0.15) is 22.3 Å². The van der Waals surface area contributed by atoms with Crippen LogP contribution >= 0.6 is 0 Å². The van der Waals surface area contributed by atoms with Crippen molar-refractivity contribution in [3.8, 4) is 0 Å². The Balaban J connectivity index is 1.37. The zero-order valence-electron chi connectivity index (χ0n) is 36.9. The maximum atomic E-state index is 13.9. The number of benzene rings is 4. The topological polar surface area (TPSA) is 186 Å². The molecule has 0 atom stereocenters. The molecule has 4 aromatic carbocycles. The predicted molar refractivity (Wildman–Crippen MR) is 243 cm³/mol.